The largest absolute Gasteiger partial charge is 2.00 e. The zero-order chi connectivity index (χ0) is 5.15. The smallest absolute Gasteiger partial charge is 0.543 e. The first-order chi connectivity index (χ1) is 2.64. The minimum absolute atomic E-state index is 0. The van der Waals surface area contributed by atoms with Gasteiger partial charge in [0.25, 0.3) is 0 Å². The molecule has 4 nitrogen and oxygen atoms in total. The van der Waals surface area contributed by atoms with Gasteiger partial charge in [-0.25, -0.2) is 0 Å². The number of carboxylic acid groups (broad SMARTS) is 2. The minimum Gasteiger partial charge on any atom is -0.543 e. The molecule has 5 heteroatoms. The van der Waals surface area contributed by atoms with Crippen molar-refractivity contribution in [2.75, 3.05) is 0 Å². The number of hydrogen-bond acceptors (Lipinski definition) is 4. The molecule has 0 spiro atoms. The number of hydrogen-bond donors (Lipinski definition) is 0. The van der Waals surface area contributed by atoms with E-state index in [4.69, 9.17) is 19.8 Å². The van der Waals surface area contributed by atoms with Crippen LogP contribution in [0.1, 0.15) is 0 Å². The molecular weight excluding hydrogens is 240 g/mol. The minimum atomic E-state index is -2.19. The molecule has 0 fully saturated rings. The summed E-state index contributed by atoms with van der Waals surface area (Å²) in [6.07, 6.45) is 0. The average molecular weight is 240 g/mol. The Kier molecular flexibility index (Phi) is 7.01. The standard InChI is InChI=1S/C2H2O4.Eu/c3-1(4)2(5)6;/h(H,3,4)(H,5,6);/q;+2/p-2. The molecule has 0 aliphatic rings. The van der Waals surface area contributed by atoms with Gasteiger partial charge in [0.05, 0.1) is 11.9 Å². The fourth-order valence-corrected chi connectivity index (χ4v) is 0. The van der Waals surface area contributed by atoms with Crippen molar-refractivity contribution in [3.63, 3.8) is 0 Å². The van der Waals surface area contributed by atoms with Gasteiger partial charge < -0.3 is 19.8 Å². The predicted octanol–water partition coefficient (Wildman–Crippen LogP) is -3.51. The summed E-state index contributed by atoms with van der Waals surface area (Å²) in [6, 6.07) is 0. The SMILES string of the molecule is O=C([O-])C(=O)[O-].[Eu+2]. The molecule has 0 unspecified atom stereocenters. The first-order valence-electron chi connectivity index (χ1n) is 1.07. The van der Waals surface area contributed by atoms with Crippen LogP contribution in [0, 0.1) is 49.4 Å². The van der Waals surface area contributed by atoms with Crippen molar-refractivity contribution in [1.82, 2.24) is 0 Å². The molecule has 1 radical (unpaired) electrons. The molecule has 0 heterocycles. The van der Waals surface area contributed by atoms with Crippen molar-refractivity contribution in [2.24, 2.45) is 0 Å². The Hall–Kier alpha value is 0.524. The molecule has 39 valence electrons. The predicted molar refractivity (Wildman–Crippen MR) is 10.0 cm³/mol. The molecule has 7 heavy (non-hydrogen) atoms. The van der Waals surface area contributed by atoms with Crippen molar-refractivity contribution in [2.45, 2.75) is 0 Å². The van der Waals surface area contributed by atoms with E-state index in [-0.39, 0.29) is 49.4 Å². The van der Waals surface area contributed by atoms with E-state index < -0.39 is 11.9 Å². The van der Waals surface area contributed by atoms with Crippen LogP contribution in [-0.4, -0.2) is 11.9 Å². The van der Waals surface area contributed by atoms with Gasteiger partial charge in [0.2, 0.25) is 0 Å². The van der Waals surface area contributed by atoms with Gasteiger partial charge in [-0.2, -0.15) is 0 Å². The normalized spacial score (nSPS) is 6.29. The van der Waals surface area contributed by atoms with Gasteiger partial charge in [0.15, 0.2) is 0 Å². The van der Waals surface area contributed by atoms with Gasteiger partial charge in [0, 0.05) is 0 Å². The van der Waals surface area contributed by atoms with Crippen LogP contribution in [0.3, 0.4) is 0 Å². The molecule has 0 rings (SSSR count). The zero-order valence-corrected chi connectivity index (χ0v) is 5.44. The zero-order valence-electron chi connectivity index (χ0n) is 3.01. The summed E-state index contributed by atoms with van der Waals surface area (Å²) in [5, 5.41) is 17.9. The van der Waals surface area contributed by atoms with Crippen LogP contribution in [0.4, 0.5) is 0 Å². The fourth-order valence-electron chi connectivity index (χ4n) is 0. The maximum atomic E-state index is 8.93. The maximum Gasteiger partial charge on any atom is 2.00 e. The Morgan fingerprint density at radius 2 is 1.14 bits per heavy atom. The molecule has 0 aromatic rings. The van der Waals surface area contributed by atoms with Crippen LogP contribution in [0.15, 0.2) is 0 Å². The molecule has 0 N–H and O–H groups in total. The first kappa shape index (κ1) is 10.5. The molecule has 0 aliphatic heterocycles. The van der Waals surface area contributed by atoms with E-state index in [1.54, 1.807) is 0 Å². The molecule has 0 aliphatic carbocycles. The van der Waals surface area contributed by atoms with Crippen molar-refractivity contribution in [3.05, 3.63) is 0 Å². The quantitative estimate of drug-likeness (QED) is 0.411. The Morgan fingerprint density at radius 3 is 1.14 bits per heavy atom. The molecule has 0 saturated heterocycles. The summed E-state index contributed by atoms with van der Waals surface area (Å²) in [4.78, 5) is 17.9. The topological polar surface area (TPSA) is 80.3 Å². The Labute approximate surface area is 80.1 Å². The second kappa shape index (κ2) is 4.68. The molecule has 0 aromatic heterocycles. The Balaban J connectivity index is 0. The van der Waals surface area contributed by atoms with Crippen LogP contribution in [0.25, 0.3) is 0 Å². The van der Waals surface area contributed by atoms with E-state index in [2.05, 4.69) is 0 Å². The molecule has 0 aromatic carbocycles. The first-order valence-corrected chi connectivity index (χ1v) is 1.07. The van der Waals surface area contributed by atoms with Crippen LogP contribution >= 0.6 is 0 Å². The molecule has 0 saturated carbocycles. The van der Waals surface area contributed by atoms with E-state index in [1.807, 2.05) is 0 Å². The van der Waals surface area contributed by atoms with Gasteiger partial charge >= 0.3 is 49.4 Å². The molecular formula is C2EuO4. The van der Waals surface area contributed by atoms with Gasteiger partial charge in [-0.05, 0) is 0 Å². The van der Waals surface area contributed by atoms with E-state index in [9.17, 15) is 0 Å². The van der Waals surface area contributed by atoms with Crippen molar-refractivity contribution in [3.8, 4) is 0 Å². The van der Waals surface area contributed by atoms with Crippen LogP contribution < -0.4 is 10.2 Å². The summed E-state index contributed by atoms with van der Waals surface area (Å²) in [5.74, 6) is -4.37. The number of carbonyl (C=O) groups is 2. The van der Waals surface area contributed by atoms with Gasteiger partial charge in [-0.1, -0.05) is 0 Å². The Morgan fingerprint density at radius 1 is 1.00 bits per heavy atom. The van der Waals surface area contributed by atoms with E-state index in [1.165, 1.54) is 0 Å². The third-order valence-electron chi connectivity index (χ3n) is 0.167. The summed E-state index contributed by atoms with van der Waals surface area (Å²) in [6.45, 7) is 0. The van der Waals surface area contributed by atoms with E-state index >= 15 is 0 Å². The monoisotopic (exact) mass is 241 g/mol. The van der Waals surface area contributed by atoms with Gasteiger partial charge in [-0.15, -0.1) is 0 Å². The third kappa shape index (κ3) is 6.52. The number of carbonyl (C=O) groups excluding carboxylic acids is 2. The Bertz CT molecular complexity index is 75.7. The summed E-state index contributed by atoms with van der Waals surface area (Å²) < 4.78 is 0. The maximum absolute atomic E-state index is 8.93. The fraction of sp³-hybridized carbons (Fsp3) is 0. The van der Waals surface area contributed by atoms with Gasteiger partial charge in [0.1, 0.15) is 0 Å². The summed E-state index contributed by atoms with van der Waals surface area (Å²) in [7, 11) is 0. The second-order valence-corrected chi connectivity index (χ2v) is 0.575. The van der Waals surface area contributed by atoms with Gasteiger partial charge in [-0.3, -0.25) is 0 Å². The van der Waals surface area contributed by atoms with E-state index in [0.29, 0.717) is 0 Å². The van der Waals surface area contributed by atoms with Crippen LogP contribution in [0.2, 0.25) is 0 Å². The average Bonchev–Trinajstić information content (AvgIpc) is 1.36. The van der Waals surface area contributed by atoms with Crippen LogP contribution in [0.5, 0.6) is 0 Å². The van der Waals surface area contributed by atoms with Crippen molar-refractivity contribution in [1.29, 1.82) is 0 Å². The summed E-state index contributed by atoms with van der Waals surface area (Å²) in [5.41, 5.74) is 0. The second-order valence-electron chi connectivity index (χ2n) is 0.575. The number of aliphatic carboxylic acids is 2. The molecule has 0 atom stereocenters. The van der Waals surface area contributed by atoms with Crippen LogP contribution in [-0.2, 0) is 9.59 Å². The summed E-state index contributed by atoms with van der Waals surface area (Å²) >= 11 is 0. The van der Waals surface area contributed by atoms with Crippen molar-refractivity contribution < 1.29 is 69.2 Å². The van der Waals surface area contributed by atoms with E-state index in [0.717, 1.165) is 0 Å². The molecule has 0 amide bonds. The van der Waals surface area contributed by atoms with Crippen molar-refractivity contribution >= 4 is 11.9 Å². The third-order valence-corrected chi connectivity index (χ3v) is 0.167. The number of carboxylic acids is 2. The number of rotatable bonds is 0. The molecule has 0 bridgehead atoms.